The summed E-state index contributed by atoms with van der Waals surface area (Å²) < 4.78 is 13.6. The van der Waals surface area contributed by atoms with E-state index in [1.54, 1.807) is 0 Å². The first-order valence-electron chi connectivity index (χ1n) is 10.9. The minimum Gasteiger partial charge on any atom is -0.490 e. The number of nitrogens with one attached hydrogen (secondary N) is 1. The molecular formula is C24H31N3O3. The van der Waals surface area contributed by atoms with Crippen molar-refractivity contribution >= 4 is 11.0 Å². The molecule has 0 amide bonds. The van der Waals surface area contributed by atoms with Gasteiger partial charge in [0.25, 0.3) is 0 Å². The lowest BCUT2D eigenvalue weighted by Crippen LogP contribution is -2.36. The largest absolute Gasteiger partial charge is 0.490 e. The minimum absolute atomic E-state index is 0.00301. The molecule has 2 aromatic carbocycles. The van der Waals surface area contributed by atoms with Crippen molar-refractivity contribution in [2.75, 3.05) is 19.7 Å². The van der Waals surface area contributed by atoms with Gasteiger partial charge in [-0.15, -0.1) is 0 Å². The number of benzene rings is 2. The van der Waals surface area contributed by atoms with Crippen molar-refractivity contribution in [3.05, 3.63) is 58.5 Å². The van der Waals surface area contributed by atoms with Gasteiger partial charge in [-0.05, 0) is 63.4 Å². The van der Waals surface area contributed by atoms with Crippen molar-refractivity contribution in [1.82, 2.24) is 14.5 Å². The molecule has 1 saturated heterocycles. The van der Waals surface area contributed by atoms with Crippen LogP contribution in [0, 0.1) is 0 Å². The number of para-hydroxylation sites is 2. The highest BCUT2D eigenvalue weighted by Crippen LogP contribution is 2.31. The SMILES string of the molecule is CCOc1cc(CN2CCC(n3c(=O)[nH]c4ccccc43)CC2)ccc1OC(C)C. The van der Waals surface area contributed by atoms with Crippen molar-refractivity contribution in [1.29, 1.82) is 0 Å². The lowest BCUT2D eigenvalue weighted by molar-refractivity contribution is 0.179. The Bertz CT molecular complexity index is 1050. The van der Waals surface area contributed by atoms with Crippen LogP contribution in [-0.4, -0.2) is 40.3 Å². The maximum atomic E-state index is 12.5. The molecule has 6 heteroatoms. The third-order valence-corrected chi connectivity index (χ3v) is 5.62. The summed E-state index contributed by atoms with van der Waals surface area (Å²) in [6, 6.07) is 14.4. The quantitative estimate of drug-likeness (QED) is 0.630. The fraction of sp³-hybridized carbons (Fsp3) is 0.458. The van der Waals surface area contributed by atoms with Gasteiger partial charge in [0, 0.05) is 25.7 Å². The number of imidazole rings is 1. The number of piperidine rings is 1. The summed E-state index contributed by atoms with van der Waals surface area (Å²) in [5, 5.41) is 0. The van der Waals surface area contributed by atoms with Crippen LogP contribution < -0.4 is 15.2 Å². The Balaban J connectivity index is 1.43. The Morgan fingerprint density at radius 2 is 1.87 bits per heavy atom. The molecule has 0 atom stereocenters. The van der Waals surface area contributed by atoms with Crippen LogP contribution in [0.1, 0.15) is 45.2 Å². The first kappa shape index (κ1) is 20.5. The third kappa shape index (κ3) is 4.38. The summed E-state index contributed by atoms with van der Waals surface area (Å²) in [5.41, 5.74) is 3.13. The summed E-state index contributed by atoms with van der Waals surface area (Å²) in [4.78, 5) is 17.9. The van der Waals surface area contributed by atoms with Gasteiger partial charge < -0.3 is 14.5 Å². The Hall–Kier alpha value is -2.73. The van der Waals surface area contributed by atoms with Crippen molar-refractivity contribution < 1.29 is 9.47 Å². The molecule has 1 aliphatic heterocycles. The van der Waals surface area contributed by atoms with E-state index >= 15 is 0 Å². The Morgan fingerprint density at radius 3 is 2.60 bits per heavy atom. The highest BCUT2D eigenvalue weighted by atomic mass is 16.5. The van der Waals surface area contributed by atoms with Gasteiger partial charge in [0.05, 0.1) is 23.7 Å². The standard InChI is InChI=1S/C24H31N3O3/c1-4-29-23-15-18(9-10-22(23)30-17(2)3)16-26-13-11-19(12-14-26)27-21-8-6-5-7-20(21)25-24(27)28/h5-10,15,17,19H,4,11-14,16H2,1-3H3,(H,25,28). The molecular weight excluding hydrogens is 378 g/mol. The van der Waals surface area contributed by atoms with Crippen molar-refractivity contribution in [3.8, 4) is 11.5 Å². The van der Waals surface area contributed by atoms with E-state index in [0.717, 1.165) is 55.0 Å². The number of fused-ring (bicyclic) bond motifs is 1. The van der Waals surface area contributed by atoms with Gasteiger partial charge in [0.15, 0.2) is 11.5 Å². The van der Waals surface area contributed by atoms with E-state index in [-0.39, 0.29) is 17.8 Å². The van der Waals surface area contributed by atoms with E-state index in [4.69, 9.17) is 9.47 Å². The van der Waals surface area contributed by atoms with Gasteiger partial charge in [-0.2, -0.15) is 0 Å². The van der Waals surface area contributed by atoms with Crippen LogP contribution in [-0.2, 0) is 6.54 Å². The average molecular weight is 410 g/mol. The zero-order valence-electron chi connectivity index (χ0n) is 18.1. The molecule has 2 heterocycles. The van der Waals surface area contributed by atoms with Crippen LogP contribution in [0.2, 0.25) is 0 Å². The van der Waals surface area contributed by atoms with Crippen LogP contribution in [0.15, 0.2) is 47.3 Å². The summed E-state index contributed by atoms with van der Waals surface area (Å²) in [5.74, 6) is 1.61. The number of ether oxygens (including phenoxy) is 2. The monoisotopic (exact) mass is 409 g/mol. The predicted molar refractivity (Wildman–Crippen MR) is 119 cm³/mol. The second kappa shape index (κ2) is 8.96. The molecule has 0 bridgehead atoms. The van der Waals surface area contributed by atoms with Gasteiger partial charge in [-0.1, -0.05) is 18.2 Å². The Labute approximate surface area is 177 Å². The van der Waals surface area contributed by atoms with E-state index in [1.807, 2.05) is 55.7 Å². The lowest BCUT2D eigenvalue weighted by Gasteiger charge is -2.32. The maximum Gasteiger partial charge on any atom is 0.326 e. The molecule has 1 N–H and O–H groups in total. The molecule has 160 valence electrons. The number of aromatic nitrogens is 2. The number of rotatable bonds is 7. The van der Waals surface area contributed by atoms with Gasteiger partial charge >= 0.3 is 5.69 Å². The van der Waals surface area contributed by atoms with Crippen molar-refractivity contribution in [2.24, 2.45) is 0 Å². The number of hydrogen-bond donors (Lipinski definition) is 1. The first-order valence-corrected chi connectivity index (χ1v) is 10.9. The molecule has 0 aliphatic carbocycles. The van der Waals surface area contributed by atoms with E-state index < -0.39 is 0 Å². The molecule has 0 spiro atoms. The summed E-state index contributed by atoms with van der Waals surface area (Å²) in [7, 11) is 0. The Morgan fingerprint density at radius 1 is 1.10 bits per heavy atom. The summed E-state index contributed by atoms with van der Waals surface area (Å²) in [6.07, 6.45) is 2.05. The highest BCUT2D eigenvalue weighted by Gasteiger charge is 2.23. The number of H-pyrrole nitrogens is 1. The number of hydrogen-bond acceptors (Lipinski definition) is 4. The fourth-order valence-corrected chi connectivity index (χ4v) is 4.30. The minimum atomic E-state index is -0.00301. The molecule has 1 aromatic heterocycles. The van der Waals surface area contributed by atoms with Crippen LogP contribution in [0.25, 0.3) is 11.0 Å². The zero-order valence-corrected chi connectivity index (χ0v) is 18.1. The number of aromatic amines is 1. The molecule has 30 heavy (non-hydrogen) atoms. The molecule has 0 saturated carbocycles. The molecule has 1 fully saturated rings. The van der Waals surface area contributed by atoms with Gasteiger partial charge in [0.2, 0.25) is 0 Å². The van der Waals surface area contributed by atoms with Gasteiger partial charge in [0.1, 0.15) is 0 Å². The first-order chi connectivity index (χ1) is 14.5. The molecule has 1 aliphatic rings. The fourth-order valence-electron chi connectivity index (χ4n) is 4.30. The normalized spacial score (nSPS) is 15.7. The van der Waals surface area contributed by atoms with Crippen LogP contribution in [0.5, 0.6) is 11.5 Å². The molecule has 6 nitrogen and oxygen atoms in total. The Kier molecular flexibility index (Phi) is 6.13. The van der Waals surface area contributed by atoms with Crippen LogP contribution >= 0.6 is 0 Å². The predicted octanol–water partition coefficient (Wildman–Crippen LogP) is 4.35. The van der Waals surface area contributed by atoms with E-state index in [9.17, 15) is 4.79 Å². The van der Waals surface area contributed by atoms with E-state index in [1.165, 1.54) is 5.56 Å². The molecule has 3 aromatic rings. The van der Waals surface area contributed by atoms with Gasteiger partial charge in [-0.25, -0.2) is 4.79 Å². The molecule has 0 unspecified atom stereocenters. The van der Waals surface area contributed by atoms with E-state index in [0.29, 0.717) is 6.61 Å². The highest BCUT2D eigenvalue weighted by molar-refractivity contribution is 5.75. The third-order valence-electron chi connectivity index (χ3n) is 5.62. The van der Waals surface area contributed by atoms with E-state index in [2.05, 4.69) is 22.0 Å². The lowest BCUT2D eigenvalue weighted by atomic mass is 10.0. The topological polar surface area (TPSA) is 59.5 Å². The summed E-state index contributed by atoms with van der Waals surface area (Å²) >= 11 is 0. The maximum absolute atomic E-state index is 12.5. The second-order valence-electron chi connectivity index (χ2n) is 8.21. The van der Waals surface area contributed by atoms with Gasteiger partial charge in [-0.3, -0.25) is 9.47 Å². The second-order valence-corrected chi connectivity index (χ2v) is 8.21. The van der Waals surface area contributed by atoms with Crippen LogP contribution in [0.3, 0.4) is 0 Å². The number of nitrogens with zero attached hydrogens (tertiary/aromatic N) is 2. The van der Waals surface area contributed by atoms with Crippen molar-refractivity contribution in [2.45, 2.75) is 52.3 Å². The van der Waals surface area contributed by atoms with Crippen molar-refractivity contribution in [3.63, 3.8) is 0 Å². The molecule has 4 rings (SSSR count). The van der Waals surface area contributed by atoms with Crippen LogP contribution in [0.4, 0.5) is 0 Å². The number of likely N-dealkylation sites (tertiary alicyclic amines) is 1. The zero-order chi connectivity index (χ0) is 21.1. The smallest absolute Gasteiger partial charge is 0.326 e. The molecule has 0 radical (unpaired) electrons. The summed E-state index contributed by atoms with van der Waals surface area (Å²) in [6.45, 7) is 9.44. The average Bonchev–Trinajstić information content (AvgIpc) is 3.06.